The lowest BCUT2D eigenvalue weighted by Crippen LogP contribution is -2.03. The number of hydrogen-bond acceptors (Lipinski definition) is 5. The van der Waals surface area contributed by atoms with E-state index in [1.807, 2.05) is 24.3 Å². The Balaban J connectivity index is 1.81. The van der Waals surface area contributed by atoms with Crippen molar-refractivity contribution in [1.29, 1.82) is 0 Å². The molecular formula is C25H24FN3O2S2. The summed E-state index contributed by atoms with van der Waals surface area (Å²) in [4.78, 5) is 9.41. The quantitative estimate of drug-likeness (QED) is 0.295. The van der Waals surface area contributed by atoms with Gasteiger partial charge in [-0.1, -0.05) is 36.9 Å². The van der Waals surface area contributed by atoms with Gasteiger partial charge in [0.1, 0.15) is 5.82 Å². The van der Waals surface area contributed by atoms with E-state index < -0.39 is 9.84 Å². The lowest BCUT2D eigenvalue weighted by atomic mass is 10.1. The van der Waals surface area contributed by atoms with Gasteiger partial charge in [-0.15, -0.1) is 0 Å². The minimum Gasteiger partial charge on any atom is -0.318 e. The molecule has 0 saturated carbocycles. The van der Waals surface area contributed by atoms with Crippen LogP contribution in [0.4, 0.5) is 4.39 Å². The molecule has 0 amide bonds. The molecule has 0 saturated heterocycles. The molecule has 0 aliphatic heterocycles. The second kappa shape index (κ2) is 9.89. The molecule has 0 atom stereocenters. The molecule has 0 unspecified atom stereocenters. The van der Waals surface area contributed by atoms with Crippen molar-refractivity contribution in [2.24, 2.45) is 0 Å². The molecule has 2 aromatic carbocycles. The maximum atomic E-state index is 13.6. The first kappa shape index (κ1) is 23.2. The number of benzene rings is 2. The van der Waals surface area contributed by atoms with Crippen LogP contribution in [0.5, 0.6) is 0 Å². The highest BCUT2D eigenvalue weighted by molar-refractivity contribution is 7.98. The summed E-state index contributed by atoms with van der Waals surface area (Å²) in [5, 5.41) is 0.784. The fraction of sp³-hybridized carbons (Fsp3) is 0.200. The molecule has 0 aliphatic carbocycles. The lowest BCUT2D eigenvalue weighted by molar-refractivity contribution is 0.601. The average molecular weight is 482 g/mol. The van der Waals surface area contributed by atoms with Crippen molar-refractivity contribution < 1.29 is 12.8 Å². The lowest BCUT2D eigenvalue weighted by Gasteiger charge is -2.12. The number of nitrogens with zero attached hydrogens (tertiary/aromatic N) is 3. The summed E-state index contributed by atoms with van der Waals surface area (Å²) >= 11 is 1.50. The van der Waals surface area contributed by atoms with Crippen LogP contribution in [0.15, 0.2) is 83.1 Å². The van der Waals surface area contributed by atoms with Crippen molar-refractivity contribution in [2.45, 2.75) is 35.7 Å². The van der Waals surface area contributed by atoms with Gasteiger partial charge < -0.3 is 4.57 Å². The average Bonchev–Trinajstić information content (AvgIpc) is 3.17. The van der Waals surface area contributed by atoms with E-state index in [9.17, 15) is 12.8 Å². The van der Waals surface area contributed by atoms with Crippen molar-refractivity contribution in [1.82, 2.24) is 14.5 Å². The molecule has 5 nitrogen and oxygen atoms in total. The van der Waals surface area contributed by atoms with Crippen LogP contribution >= 0.6 is 11.8 Å². The predicted octanol–water partition coefficient (Wildman–Crippen LogP) is 5.86. The highest BCUT2D eigenvalue weighted by Gasteiger charge is 2.21. The number of halogens is 1. The molecule has 0 N–H and O–H groups in total. The Morgan fingerprint density at radius 3 is 2.33 bits per heavy atom. The van der Waals surface area contributed by atoms with Crippen molar-refractivity contribution in [3.05, 3.63) is 84.4 Å². The highest BCUT2D eigenvalue weighted by Crippen LogP contribution is 2.37. The van der Waals surface area contributed by atoms with Gasteiger partial charge in [-0.25, -0.2) is 17.8 Å². The second-order valence-corrected chi connectivity index (χ2v) is 10.6. The number of thioether (sulfide) groups is 1. The maximum absolute atomic E-state index is 13.6. The van der Waals surface area contributed by atoms with Gasteiger partial charge in [0, 0.05) is 42.1 Å². The van der Waals surface area contributed by atoms with Gasteiger partial charge in [0.25, 0.3) is 0 Å². The smallest absolute Gasteiger partial charge is 0.175 e. The van der Waals surface area contributed by atoms with Gasteiger partial charge in [0.05, 0.1) is 16.3 Å². The van der Waals surface area contributed by atoms with Gasteiger partial charge >= 0.3 is 0 Å². The first-order chi connectivity index (χ1) is 15.9. The molecular weight excluding hydrogens is 457 g/mol. The van der Waals surface area contributed by atoms with Crippen LogP contribution in [0, 0.1) is 5.82 Å². The Labute approximate surface area is 197 Å². The largest absolute Gasteiger partial charge is 0.318 e. The van der Waals surface area contributed by atoms with Crippen LogP contribution < -0.4 is 0 Å². The highest BCUT2D eigenvalue weighted by atomic mass is 32.2. The van der Waals surface area contributed by atoms with Crippen molar-refractivity contribution >= 4 is 21.6 Å². The number of pyridine rings is 1. The molecule has 4 aromatic rings. The molecule has 170 valence electrons. The third kappa shape index (κ3) is 5.17. The van der Waals surface area contributed by atoms with Gasteiger partial charge in [0.2, 0.25) is 0 Å². The third-order valence-corrected chi connectivity index (χ3v) is 7.40. The Morgan fingerprint density at radius 1 is 0.970 bits per heavy atom. The minimum atomic E-state index is -3.33. The number of hydrogen-bond donors (Lipinski definition) is 0. The fourth-order valence-electron chi connectivity index (χ4n) is 3.71. The molecule has 0 aliphatic rings. The molecule has 33 heavy (non-hydrogen) atoms. The third-order valence-electron chi connectivity index (χ3n) is 5.18. The van der Waals surface area contributed by atoms with Crippen LogP contribution in [0.1, 0.15) is 18.9 Å². The molecule has 8 heteroatoms. The van der Waals surface area contributed by atoms with Gasteiger partial charge in [-0.3, -0.25) is 4.98 Å². The Hall–Kier alpha value is -2.97. The van der Waals surface area contributed by atoms with E-state index in [1.54, 1.807) is 36.7 Å². The first-order valence-corrected chi connectivity index (χ1v) is 13.4. The van der Waals surface area contributed by atoms with E-state index in [0.717, 1.165) is 46.2 Å². The van der Waals surface area contributed by atoms with E-state index in [0.29, 0.717) is 10.6 Å². The summed E-state index contributed by atoms with van der Waals surface area (Å²) in [5.41, 5.74) is 4.22. The molecule has 2 heterocycles. The zero-order valence-electron chi connectivity index (χ0n) is 18.4. The van der Waals surface area contributed by atoms with Crippen LogP contribution in [0.3, 0.4) is 0 Å². The van der Waals surface area contributed by atoms with Crippen LogP contribution in [-0.2, 0) is 22.1 Å². The van der Waals surface area contributed by atoms with Crippen molar-refractivity contribution in [3.8, 4) is 22.5 Å². The van der Waals surface area contributed by atoms with E-state index >= 15 is 0 Å². The summed E-state index contributed by atoms with van der Waals surface area (Å²) in [6, 6.07) is 17.2. The maximum Gasteiger partial charge on any atom is 0.175 e. The van der Waals surface area contributed by atoms with E-state index in [2.05, 4.69) is 16.5 Å². The number of sulfone groups is 1. The normalized spacial score (nSPS) is 11.6. The standard InChI is InChI=1S/C25H24FN3O2S2/c1-3-16-29-24(19-12-14-27-15-13-19)23(18-8-10-21(26)11-9-18)28-25(29)32-17-20-6-4-5-7-22(20)33(2,30)31/h4-15H,3,16-17H2,1-2H3. The SMILES string of the molecule is CCCn1c(SCc2ccccc2S(C)(=O)=O)nc(-c2ccc(F)cc2)c1-c1ccncc1. The predicted molar refractivity (Wildman–Crippen MR) is 130 cm³/mol. The summed E-state index contributed by atoms with van der Waals surface area (Å²) in [6.07, 6.45) is 5.60. The molecule has 0 radical (unpaired) electrons. The Morgan fingerprint density at radius 2 is 1.67 bits per heavy atom. The van der Waals surface area contributed by atoms with Crippen molar-refractivity contribution in [3.63, 3.8) is 0 Å². The van der Waals surface area contributed by atoms with Gasteiger partial charge in [-0.2, -0.15) is 0 Å². The summed E-state index contributed by atoms with van der Waals surface area (Å²) < 4.78 is 40.2. The first-order valence-electron chi connectivity index (χ1n) is 10.6. The zero-order valence-corrected chi connectivity index (χ0v) is 20.0. The number of aromatic nitrogens is 3. The molecule has 0 spiro atoms. The topological polar surface area (TPSA) is 64.8 Å². The molecule has 0 fully saturated rings. The van der Waals surface area contributed by atoms with Crippen LogP contribution in [0.2, 0.25) is 0 Å². The molecule has 4 rings (SSSR count). The fourth-order valence-corrected chi connectivity index (χ4v) is 5.78. The van der Waals surface area contributed by atoms with E-state index in [1.165, 1.54) is 30.2 Å². The van der Waals surface area contributed by atoms with E-state index in [4.69, 9.17) is 4.98 Å². The summed E-state index contributed by atoms with van der Waals surface area (Å²) in [7, 11) is -3.33. The van der Waals surface area contributed by atoms with Gasteiger partial charge in [-0.05, 0) is 54.4 Å². The number of imidazole rings is 1. The number of rotatable bonds is 8. The minimum absolute atomic E-state index is 0.302. The van der Waals surface area contributed by atoms with E-state index in [-0.39, 0.29) is 5.82 Å². The second-order valence-electron chi connectivity index (χ2n) is 7.65. The monoisotopic (exact) mass is 481 g/mol. The Kier molecular flexibility index (Phi) is 6.95. The summed E-state index contributed by atoms with van der Waals surface area (Å²) in [6.45, 7) is 2.84. The molecule has 0 bridgehead atoms. The van der Waals surface area contributed by atoms with Gasteiger partial charge in [0.15, 0.2) is 15.0 Å². The van der Waals surface area contributed by atoms with Crippen molar-refractivity contribution in [2.75, 3.05) is 6.26 Å². The zero-order chi connectivity index (χ0) is 23.4. The Bertz CT molecular complexity index is 1350. The molecule has 2 aromatic heterocycles. The summed E-state index contributed by atoms with van der Waals surface area (Å²) in [5.74, 6) is 0.159. The van der Waals surface area contributed by atoms with Crippen LogP contribution in [0.25, 0.3) is 22.5 Å². The van der Waals surface area contributed by atoms with Crippen LogP contribution in [-0.4, -0.2) is 29.2 Å².